The van der Waals surface area contributed by atoms with Crippen LogP contribution in [0.3, 0.4) is 0 Å². The minimum atomic E-state index is -0.129. The zero-order valence-electron chi connectivity index (χ0n) is 12.6. The Balaban J connectivity index is 1.50. The first-order chi connectivity index (χ1) is 10.1. The maximum absolute atomic E-state index is 11.9. The van der Waals surface area contributed by atoms with Gasteiger partial charge in [-0.1, -0.05) is 13.0 Å². The molecular weight excluding hydrogens is 264 g/mol. The second-order valence-electron chi connectivity index (χ2n) is 8.35. The topological polar surface area (TPSA) is 49.8 Å². The van der Waals surface area contributed by atoms with Gasteiger partial charge in [0.05, 0.1) is 6.10 Å². The fourth-order valence-corrected chi connectivity index (χ4v) is 6.59. The van der Waals surface area contributed by atoms with Crippen molar-refractivity contribution in [2.75, 3.05) is 0 Å². The molecule has 8 atom stereocenters. The monoisotopic (exact) mass is 288 g/mol. The highest BCUT2D eigenvalue weighted by Gasteiger charge is 2.70. The van der Waals surface area contributed by atoms with E-state index in [-0.39, 0.29) is 29.0 Å². The summed E-state index contributed by atoms with van der Waals surface area (Å²) in [6.07, 6.45) is 10.4. The third-order valence-electron chi connectivity index (χ3n) is 7.79. The number of carbonyl (C=O) groups excluding carboxylic acids is 1. The van der Waals surface area contributed by atoms with E-state index in [2.05, 4.69) is 13.0 Å². The molecule has 1 aliphatic heterocycles. The Morgan fingerprint density at radius 2 is 2.00 bits per heavy atom. The Morgan fingerprint density at radius 1 is 1.19 bits per heavy atom. The molecule has 0 radical (unpaired) electrons. The van der Waals surface area contributed by atoms with Crippen molar-refractivity contribution < 1.29 is 14.6 Å². The number of hydrogen-bond acceptors (Lipinski definition) is 3. The summed E-state index contributed by atoms with van der Waals surface area (Å²) in [5.74, 6) is 2.69. The Bertz CT molecular complexity index is 541. The number of epoxide rings is 1. The zero-order chi connectivity index (χ0) is 14.4. The zero-order valence-corrected chi connectivity index (χ0v) is 12.6. The van der Waals surface area contributed by atoms with Crippen molar-refractivity contribution in [3.8, 4) is 0 Å². The van der Waals surface area contributed by atoms with Crippen LogP contribution in [0.1, 0.15) is 45.4 Å². The molecule has 0 aromatic rings. The number of rotatable bonds is 0. The van der Waals surface area contributed by atoms with Crippen LogP contribution >= 0.6 is 0 Å². The molecule has 3 unspecified atom stereocenters. The van der Waals surface area contributed by atoms with Crippen molar-refractivity contribution in [3.63, 3.8) is 0 Å². The van der Waals surface area contributed by atoms with E-state index in [1.165, 1.54) is 19.3 Å². The van der Waals surface area contributed by atoms with Crippen molar-refractivity contribution in [2.45, 2.75) is 63.3 Å². The van der Waals surface area contributed by atoms with E-state index in [4.69, 9.17) is 4.74 Å². The third kappa shape index (κ3) is 1.40. The van der Waals surface area contributed by atoms with Gasteiger partial charge < -0.3 is 9.84 Å². The second kappa shape index (κ2) is 3.80. The van der Waals surface area contributed by atoms with Gasteiger partial charge in [0.25, 0.3) is 0 Å². The fraction of sp³-hybridized carbons (Fsp3) is 0.833. The molecule has 5 rings (SSSR count). The molecule has 1 heterocycles. The molecule has 0 amide bonds. The molecule has 5 aliphatic rings. The largest absolute Gasteiger partial charge is 0.393 e. The molecular formula is C18H24O3. The second-order valence-corrected chi connectivity index (χ2v) is 8.35. The average molecular weight is 288 g/mol. The Kier molecular flexibility index (Phi) is 2.32. The quantitative estimate of drug-likeness (QED) is 0.697. The van der Waals surface area contributed by atoms with Crippen molar-refractivity contribution in [3.05, 3.63) is 12.2 Å². The van der Waals surface area contributed by atoms with E-state index in [1.54, 1.807) is 6.08 Å². The molecule has 1 N–H and O–H groups in total. The molecule has 4 fully saturated rings. The van der Waals surface area contributed by atoms with Crippen molar-refractivity contribution in [2.24, 2.45) is 29.1 Å². The molecule has 3 nitrogen and oxygen atoms in total. The molecule has 4 aliphatic carbocycles. The molecule has 0 aromatic carbocycles. The van der Waals surface area contributed by atoms with Gasteiger partial charge in [0.1, 0.15) is 5.60 Å². The Labute approximate surface area is 125 Å². The summed E-state index contributed by atoms with van der Waals surface area (Å²) < 4.78 is 5.93. The van der Waals surface area contributed by atoms with E-state index in [0.717, 1.165) is 25.2 Å². The number of carbonyl (C=O) groups is 1. The Morgan fingerprint density at radius 3 is 2.86 bits per heavy atom. The smallest absolute Gasteiger partial charge is 0.187 e. The number of aliphatic hydroxyl groups is 1. The molecule has 114 valence electrons. The Hall–Kier alpha value is -0.670. The standard InChI is InChI=1S/C18H24O3/c1-17-8-6-11-10(12(17)3-5-15(17)20)7-9-18-13(11)2-4-14(19)16(18)21-18/h2,4,10-13,15-16,20H,3,5-9H2,1H3/t10-,11+,12+,13-,15?,16?,17+,18?/m1/s1. The SMILES string of the molecule is C[C@]12CC[C@H]3[C@@H](CCC45OC4C(=O)C=C[C@H]35)[C@@H]1CCC2O. The highest BCUT2D eigenvalue weighted by molar-refractivity contribution is 5.98. The number of fused-ring (bicyclic) bond motifs is 4. The minimum Gasteiger partial charge on any atom is -0.393 e. The van der Waals surface area contributed by atoms with E-state index >= 15 is 0 Å². The van der Waals surface area contributed by atoms with Gasteiger partial charge in [0, 0.05) is 5.92 Å². The highest BCUT2D eigenvalue weighted by Crippen LogP contribution is 2.66. The van der Waals surface area contributed by atoms with Crippen LogP contribution in [0.4, 0.5) is 0 Å². The first kappa shape index (κ1) is 12.8. The lowest BCUT2D eigenvalue weighted by Gasteiger charge is -2.53. The maximum atomic E-state index is 11.9. The lowest BCUT2D eigenvalue weighted by atomic mass is 9.51. The number of aliphatic hydroxyl groups excluding tert-OH is 1. The summed E-state index contributed by atoms with van der Waals surface area (Å²) in [6.45, 7) is 2.31. The summed E-state index contributed by atoms with van der Waals surface area (Å²) in [7, 11) is 0. The summed E-state index contributed by atoms with van der Waals surface area (Å²) >= 11 is 0. The van der Waals surface area contributed by atoms with Crippen LogP contribution in [0.25, 0.3) is 0 Å². The summed E-state index contributed by atoms with van der Waals surface area (Å²) in [5, 5.41) is 10.4. The number of ether oxygens (including phenoxy) is 1. The van der Waals surface area contributed by atoms with Gasteiger partial charge in [0.2, 0.25) is 0 Å². The van der Waals surface area contributed by atoms with E-state index < -0.39 is 0 Å². The molecule has 1 spiro atoms. The van der Waals surface area contributed by atoms with Gasteiger partial charge in [0.15, 0.2) is 11.9 Å². The van der Waals surface area contributed by atoms with Crippen molar-refractivity contribution in [1.82, 2.24) is 0 Å². The predicted molar refractivity (Wildman–Crippen MR) is 77.5 cm³/mol. The van der Waals surface area contributed by atoms with Crippen molar-refractivity contribution >= 4 is 5.78 Å². The van der Waals surface area contributed by atoms with Crippen LogP contribution < -0.4 is 0 Å². The van der Waals surface area contributed by atoms with Crippen LogP contribution in [0.15, 0.2) is 12.2 Å². The van der Waals surface area contributed by atoms with E-state index in [1.807, 2.05) is 0 Å². The molecule has 0 aromatic heterocycles. The first-order valence-corrected chi connectivity index (χ1v) is 8.64. The molecule has 0 bridgehead atoms. The van der Waals surface area contributed by atoms with Gasteiger partial charge in [-0.25, -0.2) is 0 Å². The van der Waals surface area contributed by atoms with E-state index in [9.17, 15) is 9.90 Å². The lowest BCUT2D eigenvalue weighted by Crippen LogP contribution is -2.51. The maximum Gasteiger partial charge on any atom is 0.187 e. The lowest BCUT2D eigenvalue weighted by molar-refractivity contribution is -0.116. The van der Waals surface area contributed by atoms with Crippen LogP contribution in [0.2, 0.25) is 0 Å². The van der Waals surface area contributed by atoms with Crippen LogP contribution in [0, 0.1) is 29.1 Å². The summed E-state index contributed by atoms with van der Waals surface area (Å²) in [6, 6.07) is 0. The first-order valence-electron chi connectivity index (χ1n) is 8.64. The molecule has 1 saturated heterocycles. The van der Waals surface area contributed by atoms with Gasteiger partial charge in [-0.15, -0.1) is 0 Å². The molecule has 3 saturated carbocycles. The van der Waals surface area contributed by atoms with Crippen molar-refractivity contribution in [1.29, 1.82) is 0 Å². The third-order valence-corrected chi connectivity index (χ3v) is 7.79. The predicted octanol–water partition coefficient (Wildman–Crippen LogP) is 2.48. The molecule has 3 heteroatoms. The minimum absolute atomic E-state index is 0.104. The highest BCUT2D eigenvalue weighted by atomic mass is 16.6. The van der Waals surface area contributed by atoms with Gasteiger partial charge in [-0.2, -0.15) is 0 Å². The number of hydrogen-bond donors (Lipinski definition) is 1. The number of ketones is 1. The summed E-state index contributed by atoms with van der Waals surface area (Å²) in [4.78, 5) is 11.9. The molecule has 21 heavy (non-hydrogen) atoms. The van der Waals surface area contributed by atoms with Crippen LogP contribution in [-0.4, -0.2) is 28.7 Å². The van der Waals surface area contributed by atoms with Crippen LogP contribution in [-0.2, 0) is 9.53 Å². The van der Waals surface area contributed by atoms with Gasteiger partial charge >= 0.3 is 0 Å². The average Bonchev–Trinajstić information content (AvgIpc) is 3.13. The van der Waals surface area contributed by atoms with Gasteiger partial charge in [-0.3, -0.25) is 4.79 Å². The fourth-order valence-electron chi connectivity index (χ4n) is 6.59. The normalized spacial score (nSPS) is 60.8. The van der Waals surface area contributed by atoms with E-state index in [0.29, 0.717) is 17.8 Å². The van der Waals surface area contributed by atoms with Gasteiger partial charge in [-0.05, 0) is 67.8 Å². The van der Waals surface area contributed by atoms with Crippen LogP contribution in [0.5, 0.6) is 0 Å². The summed E-state index contributed by atoms with van der Waals surface area (Å²) in [5.41, 5.74) is 0.0155.